The van der Waals surface area contributed by atoms with Crippen molar-refractivity contribution in [2.75, 3.05) is 7.11 Å². The maximum Gasteiger partial charge on any atom is 0.302 e. The summed E-state index contributed by atoms with van der Waals surface area (Å²) < 4.78 is 23.1. The average Bonchev–Trinajstić information content (AvgIpc) is 3.39. The smallest absolute Gasteiger partial charge is 0.302 e. The number of methoxy groups -OCH3 is 1. The molecule has 8 atom stereocenters. The first-order chi connectivity index (χ1) is 23.0. The normalized spacial score (nSPS) is 36.6. The molecule has 2 N–H and O–H groups in total. The lowest BCUT2D eigenvalue weighted by Crippen LogP contribution is -2.70. The van der Waals surface area contributed by atoms with Crippen LogP contribution in [-0.2, 0) is 23.9 Å². The topological polar surface area (TPSA) is 148 Å². The van der Waals surface area contributed by atoms with Crippen LogP contribution in [0.4, 0.5) is 0 Å². The fraction of sp³-hybridized carbons (Fsp3) is 0.487. The zero-order valence-electron chi connectivity index (χ0n) is 29.1. The minimum absolute atomic E-state index is 0.0453. The summed E-state index contributed by atoms with van der Waals surface area (Å²) in [7, 11) is 1.59. The van der Waals surface area contributed by atoms with Gasteiger partial charge in [-0.1, -0.05) is 32.1 Å². The number of nitrogens with one attached hydrogen (secondary N) is 1. The molecule has 8 unspecified atom stereocenters. The van der Waals surface area contributed by atoms with Crippen molar-refractivity contribution in [3.63, 3.8) is 0 Å². The average molecular weight is 670 g/mol. The van der Waals surface area contributed by atoms with Crippen LogP contribution < -0.4 is 10.3 Å². The number of para-hydroxylation sites is 1. The van der Waals surface area contributed by atoms with Crippen molar-refractivity contribution in [1.29, 1.82) is 0 Å². The zero-order valence-corrected chi connectivity index (χ0v) is 29.1. The van der Waals surface area contributed by atoms with Gasteiger partial charge in [0.05, 0.1) is 42.1 Å². The number of benzene rings is 1. The molecular weight excluding hydrogens is 626 g/mol. The van der Waals surface area contributed by atoms with Crippen LogP contribution in [0.3, 0.4) is 0 Å². The number of esters is 1. The Morgan fingerprint density at radius 1 is 1.08 bits per heavy atom. The molecule has 2 aromatic heterocycles. The highest BCUT2D eigenvalue weighted by Crippen LogP contribution is 2.81. The van der Waals surface area contributed by atoms with Gasteiger partial charge in [0.25, 0.3) is 0 Å². The molecule has 8 rings (SSSR count). The highest BCUT2D eigenvalue weighted by Gasteiger charge is 2.89. The molecule has 1 aliphatic heterocycles. The number of aliphatic hydroxyl groups excluding tert-OH is 1. The van der Waals surface area contributed by atoms with Crippen LogP contribution in [0.2, 0.25) is 0 Å². The summed E-state index contributed by atoms with van der Waals surface area (Å²) >= 11 is 0. The standard InChI is InChI=1S/C28H32O7.C11H11NO2/c1-14(29)34-17-12-26(5)16(15-8-10-33-13-15)11-19-28(26,35-19)27(6)21(17)25(4)9-7-18(30)24(2,3)22(25)20(31)23(27)32;1-7-6-10(13)12-11-8(7)4-3-5-9(11)14-2/h7-10,13,16-17,19,21,31H,11-12H2,1-6H3;3-6H,1-2H3,(H,12,13). The summed E-state index contributed by atoms with van der Waals surface area (Å²) in [4.78, 5) is 53.6. The Balaban J connectivity index is 0.000000226. The number of allylic oxidation sites excluding steroid dienone is 4. The summed E-state index contributed by atoms with van der Waals surface area (Å²) in [5, 5.41) is 12.5. The monoisotopic (exact) mass is 669 g/mol. The van der Waals surface area contributed by atoms with E-state index in [0.717, 1.165) is 22.0 Å². The van der Waals surface area contributed by atoms with Crippen LogP contribution in [-0.4, -0.2) is 52.5 Å². The summed E-state index contributed by atoms with van der Waals surface area (Å²) in [5.41, 5.74) is -1.43. The highest BCUT2D eigenvalue weighted by atomic mass is 16.6. The maximum atomic E-state index is 14.3. The molecule has 258 valence electrons. The highest BCUT2D eigenvalue weighted by molar-refractivity contribution is 6.06. The van der Waals surface area contributed by atoms with Gasteiger partial charge in [-0.15, -0.1) is 0 Å². The van der Waals surface area contributed by atoms with Crippen LogP contribution in [0, 0.1) is 34.5 Å². The van der Waals surface area contributed by atoms with E-state index in [0.29, 0.717) is 24.2 Å². The second kappa shape index (κ2) is 10.5. The van der Waals surface area contributed by atoms with E-state index in [4.69, 9.17) is 18.6 Å². The molecule has 1 spiro atoms. The predicted molar refractivity (Wildman–Crippen MR) is 180 cm³/mol. The lowest BCUT2D eigenvalue weighted by molar-refractivity contribution is -0.200. The van der Waals surface area contributed by atoms with Gasteiger partial charge >= 0.3 is 5.97 Å². The number of aryl methyl sites for hydroxylation is 1. The van der Waals surface area contributed by atoms with E-state index in [-0.39, 0.29) is 29.1 Å². The van der Waals surface area contributed by atoms with Gasteiger partial charge in [0.1, 0.15) is 17.5 Å². The van der Waals surface area contributed by atoms with Crippen molar-refractivity contribution in [2.45, 2.75) is 85.0 Å². The van der Waals surface area contributed by atoms with Gasteiger partial charge < -0.3 is 28.7 Å². The molecular formula is C39H43NO9. The number of hydrogen-bond donors (Lipinski definition) is 2. The molecule has 0 amide bonds. The van der Waals surface area contributed by atoms with E-state index in [1.165, 1.54) is 6.92 Å². The number of epoxide rings is 1. The van der Waals surface area contributed by atoms with E-state index in [2.05, 4.69) is 11.9 Å². The molecule has 49 heavy (non-hydrogen) atoms. The number of fused-ring (bicyclic) bond motifs is 4. The molecule has 10 heteroatoms. The van der Waals surface area contributed by atoms with Crippen molar-refractivity contribution in [1.82, 2.24) is 4.98 Å². The van der Waals surface area contributed by atoms with Crippen LogP contribution in [0.15, 0.2) is 75.6 Å². The Morgan fingerprint density at radius 2 is 1.82 bits per heavy atom. The fourth-order valence-electron chi connectivity index (χ4n) is 10.8. The molecule has 2 saturated carbocycles. The number of carbonyl (C=O) groups is 3. The number of aromatic nitrogens is 1. The first kappa shape index (κ1) is 33.1. The number of furan rings is 1. The molecule has 1 aromatic carbocycles. The first-order valence-electron chi connectivity index (χ1n) is 16.8. The third-order valence-corrected chi connectivity index (χ3v) is 12.6. The molecule has 3 fully saturated rings. The Bertz CT molecular complexity index is 2040. The van der Waals surface area contributed by atoms with Gasteiger partial charge in [-0.2, -0.15) is 0 Å². The first-order valence-corrected chi connectivity index (χ1v) is 16.8. The molecule has 10 nitrogen and oxygen atoms in total. The minimum Gasteiger partial charge on any atom is -0.504 e. The van der Waals surface area contributed by atoms with Crippen molar-refractivity contribution in [3.05, 3.63) is 87.8 Å². The van der Waals surface area contributed by atoms with Crippen molar-refractivity contribution in [2.24, 2.45) is 27.6 Å². The molecule has 0 radical (unpaired) electrons. The summed E-state index contributed by atoms with van der Waals surface area (Å²) in [5.74, 6) is -1.14. The lowest BCUT2D eigenvalue weighted by atomic mass is 9.38. The lowest BCUT2D eigenvalue weighted by Gasteiger charge is -2.64. The third-order valence-electron chi connectivity index (χ3n) is 12.6. The van der Waals surface area contributed by atoms with E-state index in [9.17, 15) is 24.3 Å². The number of carbonyl (C=O) groups excluding carboxylic acids is 3. The molecule has 5 aliphatic rings. The summed E-state index contributed by atoms with van der Waals surface area (Å²) in [6.07, 6.45) is 7.17. The number of pyridine rings is 1. The van der Waals surface area contributed by atoms with Crippen molar-refractivity contribution < 1.29 is 38.1 Å². The van der Waals surface area contributed by atoms with Crippen LogP contribution in [0.25, 0.3) is 10.9 Å². The molecule has 3 aromatic rings. The minimum atomic E-state index is -1.17. The summed E-state index contributed by atoms with van der Waals surface area (Å²) in [6.45, 7) is 12.7. The fourth-order valence-corrected chi connectivity index (χ4v) is 10.8. The number of H-pyrrole nitrogens is 1. The second-order valence-corrected chi connectivity index (χ2v) is 15.5. The Labute approximate surface area is 284 Å². The number of aliphatic hydroxyl groups is 1. The molecule has 4 aliphatic carbocycles. The van der Waals surface area contributed by atoms with Crippen molar-refractivity contribution >= 4 is 28.4 Å². The number of hydrogen-bond acceptors (Lipinski definition) is 9. The van der Waals surface area contributed by atoms with Gasteiger partial charge in [0.2, 0.25) is 11.3 Å². The maximum absolute atomic E-state index is 14.3. The quantitative estimate of drug-likeness (QED) is 0.243. The number of aromatic amines is 1. The van der Waals surface area contributed by atoms with E-state index in [1.54, 1.807) is 51.7 Å². The van der Waals surface area contributed by atoms with Crippen molar-refractivity contribution in [3.8, 4) is 5.75 Å². The number of ether oxygens (including phenoxy) is 3. The van der Waals surface area contributed by atoms with Crippen LogP contribution in [0.1, 0.15) is 71.4 Å². The Kier molecular flexibility index (Phi) is 7.11. The van der Waals surface area contributed by atoms with Gasteiger partial charge in [0.15, 0.2) is 11.5 Å². The number of Topliss-reactive ketones (excluding diaryl/α,β-unsaturated/α-hetero) is 1. The van der Waals surface area contributed by atoms with Gasteiger partial charge in [0, 0.05) is 35.1 Å². The molecule has 1 saturated heterocycles. The summed E-state index contributed by atoms with van der Waals surface area (Å²) in [6, 6.07) is 9.23. The molecule has 0 bridgehead atoms. The number of rotatable bonds is 3. The third kappa shape index (κ3) is 4.16. The van der Waals surface area contributed by atoms with Gasteiger partial charge in [-0.3, -0.25) is 19.2 Å². The largest absolute Gasteiger partial charge is 0.504 e. The second-order valence-electron chi connectivity index (χ2n) is 15.5. The Morgan fingerprint density at radius 3 is 2.47 bits per heavy atom. The van der Waals surface area contributed by atoms with Crippen LogP contribution in [0.5, 0.6) is 5.75 Å². The number of ketones is 2. The SMILES string of the molecule is CC(=O)OC1CC2(C)C(c3ccoc3)CC3OC32C2(C)C(=O)C(O)=C3C(C)(C)C(=O)C=CC3(C)C12.COc1cccc2c(C)cc(=O)[nH]c12. The zero-order chi connectivity index (χ0) is 35.5. The van der Waals surface area contributed by atoms with Gasteiger partial charge in [-0.25, -0.2) is 0 Å². The van der Waals surface area contributed by atoms with E-state index in [1.807, 2.05) is 45.0 Å². The molecule has 3 heterocycles. The van der Waals surface area contributed by atoms with Gasteiger partial charge in [-0.05, 0) is 81.4 Å². The Hall–Kier alpha value is -4.44. The van der Waals surface area contributed by atoms with E-state index < -0.39 is 51.0 Å². The van der Waals surface area contributed by atoms with E-state index >= 15 is 0 Å². The van der Waals surface area contributed by atoms with Crippen LogP contribution >= 0.6 is 0 Å². The predicted octanol–water partition coefficient (Wildman–Crippen LogP) is 6.28.